The van der Waals surface area contributed by atoms with Gasteiger partial charge in [0.15, 0.2) is 9.84 Å². The van der Waals surface area contributed by atoms with E-state index in [1.54, 1.807) is 24.3 Å². The maximum atomic E-state index is 14.8. The van der Waals surface area contributed by atoms with Crippen molar-refractivity contribution in [2.45, 2.75) is 42.8 Å². The van der Waals surface area contributed by atoms with Crippen molar-refractivity contribution in [3.8, 4) is 17.2 Å². The standard InChI is InChI=1S/C25H26FN3O3S/c1-13-22-19-11-21(23(13)22)29-24(19)25(30)28-17(12-27)9-16-4-3-15(10-20(16)26)14-5-7-18(8-6-14)33(2,31)32/h3-8,10,13,17,19,21-24,29H,9,11H2,1-2H3,(H,28,30)/t13?,17-,19+,21-,22?,23?,24-/m0/s1. The smallest absolute Gasteiger partial charge is 0.238 e. The highest BCUT2D eigenvalue weighted by atomic mass is 32.2. The number of amides is 1. The van der Waals surface area contributed by atoms with Crippen molar-refractivity contribution < 1.29 is 17.6 Å². The number of nitrogens with one attached hydrogen (secondary N) is 2. The normalized spacial score (nSPS) is 30.4. The summed E-state index contributed by atoms with van der Waals surface area (Å²) in [4.78, 5) is 13.0. The van der Waals surface area contributed by atoms with Crippen molar-refractivity contribution in [1.29, 1.82) is 5.26 Å². The molecule has 6 nitrogen and oxygen atoms in total. The van der Waals surface area contributed by atoms with Crippen LogP contribution in [0, 0.1) is 40.8 Å². The molecule has 5 rings (SSSR count). The highest BCUT2D eigenvalue weighted by Gasteiger charge is 2.67. The zero-order valence-electron chi connectivity index (χ0n) is 18.5. The molecule has 3 aliphatic rings. The van der Waals surface area contributed by atoms with Crippen LogP contribution in [0.15, 0.2) is 47.4 Å². The van der Waals surface area contributed by atoms with Gasteiger partial charge < -0.3 is 10.6 Å². The molecule has 1 saturated heterocycles. The largest absolute Gasteiger partial charge is 0.339 e. The number of hydrogen-bond donors (Lipinski definition) is 2. The number of nitriles is 1. The summed E-state index contributed by atoms with van der Waals surface area (Å²) < 4.78 is 38.1. The van der Waals surface area contributed by atoms with Gasteiger partial charge in [-0.2, -0.15) is 5.26 Å². The van der Waals surface area contributed by atoms with Crippen LogP contribution in [0.1, 0.15) is 18.9 Å². The number of piperidine rings is 1. The second-order valence-electron chi connectivity index (χ2n) is 9.66. The average Bonchev–Trinajstić information content (AvgIpc) is 3.13. The molecule has 33 heavy (non-hydrogen) atoms. The van der Waals surface area contributed by atoms with Crippen LogP contribution in [-0.2, 0) is 21.1 Å². The third-order valence-corrected chi connectivity index (χ3v) is 8.80. The second-order valence-corrected chi connectivity index (χ2v) is 11.7. The number of carbonyl (C=O) groups is 1. The molecule has 0 radical (unpaired) electrons. The molecule has 0 aromatic heterocycles. The first-order chi connectivity index (χ1) is 15.7. The predicted octanol–water partition coefficient (Wildman–Crippen LogP) is 2.69. The van der Waals surface area contributed by atoms with Gasteiger partial charge in [-0.05, 0) is 65.0 Å². The summed E-state index contributed by atoms with van der Waals surface area (Å²) in [6.45, 7) is 2.24. The molecule has 2 bridgehead atoms. The van der Waals surface area contributed by atoms with Crippen LogP contribution in [-0.4, -0.2) is 38.7 Å². The molecule has 3 fully saturated rings. The zero-order chi connectivity index (χ0) is 23.5. The Kier molecular flexibility index (Phi) is 5.30. The molecule has 2 N–H and O–H groups in total. The van der Waals surface area contributed by atoms with E-state index in [-0.39, 0.29) is 23.3 Å². The van der Waals surface area contributed by atoms with Gasteiger partial charge in [-0.3, -0.25) is 4.79 Å². The monoisotopic (exact) mass is 467 g/mol. The van der Waals surface area contributed by atoms with Crippen molar-refractivity contribution in [1.82, 2.24) is 10.6 Å². The fraction of sp³-hybridized carbons (Fsp3) is 0.440. The lowest BCUT2D eigenvalue weighted by Gasteiger charge is -2.23. The summed E-state index contributed by atoms with van der Waals surface area (Å²) in [5.41, 5.74) is 1.64. The highest BCUT2D eigenvalue weighted by Crippen LogP contribution is 2.64. The van der Waals surface area contributed by atoms with Crippen molar-refractivity contribution in [3.05, 3.63) is 53.8 Å². The summed E-state index contributed by atoms with van der Waals surface area (Å²) in [5, 5.41) is 15.8. The third-order valence-electron chi connectivity index (χ3n) is 7.67. The quantitative estimate of drug-likeness (QED) is 0.681. The van der Waals surface area contributed by atoms with Gasteiger partial charge in [0.05, 0.1) is 17.0 Å². The van der Waals surface area contributed by atoms with Gasteiger partial charge in [-0.15, -0.1) is 0 Å². The Morgan fingerprint density at radius 3 is 2.52 bits per heavy atom. The third kappa shape index (κ3) is 3.94. The second kappa shape index (κ2) is 7.93. The summed E-state index contributed by atoms with van der Waals surface area (Å²) >= 11 is 0. The minimum atomic E-state index is -3.30. The number of sulfone groups is 1. The van der Waals surface area contributed by atoms with E-state index in [1.165, 1.54) is 18.2 Å². The van der Waals surface area contributed by atoms with E-state index in [9.17, 15) is 22.9 Å². The molecule has 3 unspecified atom stereocenters. The first kappa shape index (κ1) is 22.1. The van der Waals surface area contributed by atoms with Crippen LogP contribution in [0.4, 0.5) is 4.39 Å². The van der Waals surface area contributed by atoms with Crippen molar-refractivity contribution in [2.75, 3.05) is 6.26 Å². The van der Waals surface area contributed by atoms with E-state index in [1.807, 2.05) is 0 Å². The topological polar surface area (TPSA) is 99.1 Å². The molecule has 172 valence electrons. The molecule has 7 atom stereocenters. The molecule has 1 aliphatic heterocycles. The Morgan fingerprint density at radius 2 is 1.91 bits per heavy atom. The van der Waals surface area contributed by atoms with Gasteiger partial charge >= 0.3 is 0 Å². The Bertz CT molecular complexity index is 1250. The highest BCUT2D eigenvalue weighted by molar-refractivity contribution is 7.90. The molecule has 2 aliphatic carbocycles. The van der Waals surface area contributed by atoms with Crippen LogP contribution in [0.25, 0.3) is 11.1 Å². The van der Waals surface area contributed by atoms with E-state index in [4.69, 9.17) is 0 Å². The summed E-state index contributed by atoms with van der Waals surface area (Å²) in [6.07, 6.45) is 2.23. The van der Waals surface area contributed by atoms with Gasteiger partial charge in [0.1, 0.15) is 11.9 Å². The first-order valence-corrected chi connectivity index (χ1v) is 13.1. The van der Waals surface area contributed by atoms with E-state index < -0.39 is 21.7 Å². The van der Waals surface area contributed by atoms with E-state index in [0.717, 1.165) is 12.7 Å². The molecule has 1 heterocycles. The molecule has 2 aromatic rings. The van der Waals surface area contributed by atoms with Crippen LogP contribution in [0.2, 0.25) is 0 Å². The maximum Gasteiger partial charge on any atom is 0.238 e. The van der Waals surface area contributed by atoms with Gasteiger partial charge in [-0.1, -0.05) is 31.2 Å². The van der Waals surface area contributed by atoms with Crippen LogP contribution in [0.5, 0.6) is 0 Å². The van der Waals surface area contributed by atoms with E-state index >= 15 is 0 Å². The molecule has 0 spiro atoms. The van der Waals surface area contributed by atoms with Crippen LogP contribution < -0.4 is 10.6 Å². The summed E-state index contributed by atoms with van der Waals surface area (Å²) in [5.74, 6) is 1.67. The lowest BCUT2D eigenvalue weighted by molar-refractivity contribution is -0.124. The Hall–Kier alpha value is -2.76. The van der Waals surface area contributed by atoms with Gasteiger partial charge in [0.2, 0.25) is 5.91 Å². The minimum Gasteiger partial charge on any atom is -0.339 e. The number of benzene rings is 2. The molecule has 1 amide bonds. The zero-order valence-corrected chi connectivity index (χ0v) is 19.3. The molecule has 2 aromatic carbocycles. The summed E-state index contributed by atoms with van der Waals surface area (Å²) in [6, 6.07) is 12.4. The van der Waals surface area contributed by atoms with E-state index in [2.05, 4.69) is 23.6 Å². The van der Waals surface area contributed by atoms with Crippen LogP contribution in [0.3, 0.4) is 0 Å². The minimum absolute atomic E-state index is 0.0740. The lowest BCUT2D eigenvalue weighted by Crippen LogP contribution is -2.51. The van der Waals surface area contributed by atoms with Crippen molar-refractivity contribution in [2.24, 2.45) is 23.7 Å². The number of fused-ring (bicyclic) bond motifs is 5. The Labute approximate surface area is 193 Å². The van der Waals surface area contributed by atoms with Gasteiger partial charge in [-0.25, -0.2) is 12.8 Å². The molecular weight excluding hydrogens is 441 g/mol. The fourth-order valence-electron chi connectivity index (χ4n) is 6.00. The maximum absolute atomic E-state index is 14.8. The predicted molar refractivity (Wildman–Crippen MR) is 121 cm³/mol. The number of halogens is 1. The average molecular weight is 468 g/mol. The number of carbonyl (C=O) groups excluding carboxylic acids is 1. The summed E-state index contributed by atoms with van der Waals surface area (Å²) in [7, 11) is -3.30. The SMILES string of the molecule is CC1C2C1[C@H]1C[C@@H]2N[C@@H]1C(=O)N[C@H](C#N)Cc1ccc(-c2ccc(S(C)(=O)=O)cc2)cc1F. The molecule has 8 heteroatoms. The molecule has 2 saturated carbocycles. The number of nitrogens with zero attached hydrogens (tertiary/aromatic N) is 1. The van der Waals surface area contributed by atoms with Crippen molar-refractivity contribution in [3.63, 3.8) is 0 Å². The van der Waals surface area contributed by atoms with Gasteiger partial charge in [0.25, 0.3) is 0 Å². The fourth-order valence-corrected chi connectivity index (χ4v) is 6.63. The lowest BCUT2D eigenvalue weighted by atomic mass is 9.94. The Morgan fingerprint density at radius 1 is 1.21 bits per heavy atom. The number of hydrogen-bond acceptors (Lipinski definition) is 5. The van der Waals surface area contributed by atoms with Crippen LogP contribution >= 0.6 is 0 Å². The van der Waals surface area contributed by atoms with Gasteiger partial charge in [0, 0.05) is 18.7 Å². The number of rotatable bonds is 6. The van der Waals surface area contributed by atoms with E-state index in [0.29, 0.717) is 46.4 Å². The first-order valence-electron chi connectivity index (χ1n) is 11.2. The Balaban J connectivity index is 1.25. The molecular formula is C25H26FN3O3S. The van der Waals surface area contributed by atoms with Crippen molar-refractivity contribution >= 4 is 15.7 Å².